The van der Waals surface area contributed by atoms with E-state index in [0.717, 1.165) is 21.0 Å². The Hall–Kier alpha value is -0.510. The van der Waals surface area contributed by atoms with Gasteiger partial charge in [-0.25, -0.2) is 0 Å². The second-order valence-electron chi connectivity index (χ2n) is 3.49. The summed E-state index contributed by atoms with van der Waals surface area (Å²) >= 11 is 11.3. The molecule has 0 saturated heterocycles. The zero-order chi connectivity index (χ0) is 11.5. The van der Waals surface area contributed by atoms with Crippen LogP contribution in [0.4, 0.5) is 5.69 Å². The summed E-state index contributed by atoms with van der Waals surface area (Å²) in [5.41, 5.74) is 2.19. The van der Waals surface area contributed by atoms with E-state index in [1.165, 1.54) is 10.4 Å². The van der Waals surface area contributed by atoms with Crippen LogP contribution in [0.1, 0.15) is 10.4 Å². The lowest BCUT2D eigenvalue weighted by Crippen LogP contribution is -1.99. The number of hydrogen-bond acceptors (Lipinski definition) is 2. The minimum atomic E-state index is 0.774. The second-order valence-corrected chi connectivity index (χ2v) is 6.45. The molecule has 0 atom stereocenters. The number of para-hydroxylation sites is 1. The van der Waals surface area contributed by atoms with E-state index < -0.39 is 0 Å². The summed E-state index contributed by atoms with van der Waals surface area (Å²) in [5, 5.41) is 4.14. The SMILES string of the molecule is Cc1cccc(Cl)c1NCc1ccc(Br)s1. The summed E-state index contributed by atoms with van der Waals surface area (Å²) in [5.74, 6) is 0. The van der Waals surface area contributed by atoms with Crippen molar-refractivity contribution in [2.24, 2.45) is 0 Å². The molecule has 0 radical (unpaired) electrons. The molecule has 2 aromatic rings. The third kappa shape index (κ3) is 2.78. The molecule has 84 valence electrons. The lowest BCUT2D eigenvalue weighted by atomic mass is 10.2. The van der Waals surface area contributed by atoms with Crippen LogP contribution in [0.3, 0.4) is 0 Å². The van der Waals surface area contributed by atoms with Gasteiger partial charge in [0.2, 0.25) is 0 Å². The van der Waals surface area contributed by atoms with Crippen molar-refractivity contribution in [3.63, 3.8) is 0 Å². The lowest BCUT2D eigenvalue weighted by molar-refractivity contribution is 1.18. The fourth-order valence-corrected chi connectivity index (χ4v) is 3.19. The number of nitrogens with one attached hydrogen (secondary N) is 1. The highest BCUT2D eigenvalue weighted by Gasteiger charge is 2.03. The van der Waals surface area contributed by atoms with Crippen LogP contribution in [0.25, 0.3) is 0 Å². The van der Waals surface area contributed by atoms with Crippen molar-refractivity contribution in [3.05, 3.63) is 49.6 Å². The van der Waals surface area contributed by atoms with Crippen LogP contribution in [0.15, 0.2) is 34.1 Å². The summed E-state index contributed by atoms with van der Waals surface area (Å²) in [6, 6.07) is 10.1. The Bertz CT molecular complexity index is 475. The smallest absolute Gasteiger partial charge is 0.0702 e. The second kappa shape index (κ2) is 5.21. The molecule has 1 N–H and O–H groups in total. The minimum Gasteiger partial charge on any atom is -0.379 e. The maximum atomic E-state index is 6.13. The highest BCUT2D eigenvalue weighted by molar-refractivity contribution is 9.11. The Morgan fingerprint density at radius 2 is 2.12 bits per heavy atom. The van der Waals surface area contributed by atoms with Crippen molar-refractivity contribution in [3.8, 4) is 0 Å². The number of halogens is 2. The molecule has 0 aliphatic carbocycles. The largest absolute Gasteiger partial charge is 0.379 e. The topological polar surface area (TPSA) is 12.0 Å². The number of rotatable bonds is 3. The molecule has 0 saturated carbocycles. The molecule has 0 amide bonds. The van der Waals surface area contributed by atoms with Crippen LogP contribution in [0, 0.1) is 6.92 Å². The number of benzene rings is 1. The third-order valence-electron chi connectivity index (χ3n) is 2.29. The molecule has 1 aromatic heterocycles. The zero-order valence-corrected chi connectivity index (χ0v) is 11.9. The summed E-state index contributed by atoms with van der Waals surface area (Å²) in [6.45, 7) is 2.86. The van der Waals surface area contributed by atoms with E-state index in [9.17, 15) is 0 Å². The van der Waals surface area contributed by atoms with E-state index in [0.29, 0.717) is 0 Å². The summed E-state index contributed by atoms with van der Waals surface area (Å²) in [6.07, 6.45) is 0. The van der Waals surface area contributed by atoms with Gasteiger partial charge < -0.3 is 5.32 Å². The highest BCUT2D eigenvalue weighted by atomic mass is 79.9. The molecule has 1 nitrogen and oxygen atoms in total. The normalized spacial score (nSPS) is 10.4. The standard InChI is InChI=1S/C12H11BrClNS/c1-8-3-2-4-10(14)12(8)15-7-9-5-6-11(13)16-9/h2-6,15H,7H2,1H3. The van der Waals surface area contributed by atoms with E-state index in [1.807, 2.05) is 12.1 Å². The van der Waals surface area contributed by atoms with E-state index in [1.54, 1.807) is 11.3 Å². The molecule has 0 aliphatic rings. The molecule has 0 bridgehead atoms. The van der Waals surface area contributed by atoms with Crippen molar-refractivity contribution < 1.29 is 0 Å². The Kier molecular flexibility index (Phi) is 3.90. The monoisotopic (exact) mass is 315 g/mol. The van der Waals surface area contributed by atoms with Crippen LogP contribution in [-0.2, 0) is 6.54 Å². The van der Waals surface area contributed by atoms with E-state index in [-0.39, 0.29) is 0 Å². The Morgan fingerprint density at radius 3 is 2.75 bits per heavy atom. The van der Waals surface area contributed by atoms with Gasteiger partial charge in [0, 0.05) is 11.4 Å². The average molecular weight is 317 g/mol. The summed E-state index contributed by atoms with van der Waals surface area (Å²) in [4.78, 5) is 1.28. The first-order valence-electron chi connectivity index (χ1n) is 4.90. The number of aryl methyl sites for hydroxylation is 1. The first-order chi connectivity index (χ1) is 7.66. The van der Waals surface area contributed by atoms with Crippen LogP contribution in [0.2, 0.25) is 5.02 Å². The Balaban J connectivity index is 2.10. The molecule has 4 heteroatoms. The average Bonchev–Trinajstić information content (AvgIpc) is 2.63. The Labute approximate surface area is 113 Å². The van der Waals surface area contributed by atoms with Crippen LogP contribution >= 0.6 is 38.9 Å². The number of anilines is 1. The number of hydrogen-bond donors (Lipinski definition) is 1. The van der Waals surface area contributed by atoms with Crippen molar-refractivity contribution in [1.82, 2.24) is 0 Å². The van der Waals surface area contributed by atoms with Gasteiger partial charge in [0.1, 0.15) is 0 Å². The van der Waals surface area contributed by atoms with Gasteiger partial charge in [-0.15, -0.1) is 11.3 Å². The van der Waals surface area contributed by atoms with E-state index in [4.69, 9.17) is 11.6 Å². The van der Waals surface area contributed by atoms with Crippen LogP contribution < -0.4 is 5.32 Å². The molecule has 0 fully saturated rings. The lowest BCUT2D eigenvalue weighted by Gasteiger charge is -2.10. The maximum absolute atomic E-state index is 6.13. The van der Waals surface area contributed by atoms with Gasteiger partial charge in [-0.1, -0.05) is 23.7 Å². The van der Waals surface area contributed by atoms with Gasteiger partial charge in [-0.05, 0) is 46.6 Å². The van der Waals surface area contributed by atoms with Gasteiger partial charge in [0.05, 0.1) is 14.5 Å². The molecule has 2 rings (SSSR count). The molecular formula is C12H11BrClNS. The van der Waals surface area contributed by atoms with Crippen molar-refractivity contribution in [2.45, 2.75) is 13.5 Å². The Morgan fingerprint density at radius 1 is 1.31 bits per heavy atom. The molecular weight excluding hydrogens is 306 g/mol. The van der Waals surface area contributed by atoms with Gasteiger partial charge in [0.15, 0.2) is 0 Å². The van der Waals surface area contributed by atoms with E-state index >= 15 is 0 Å². The van der Waals surface area contributed by atoms with Crippen LogP contribution in [0.5, 0.6) is 0 Å². The van der Waals surface area contributed by atoms with Crippen molar-refractivity contribution in [1.29, 1.82) is 0 Å². The van der Waals surface area contributed by atoms with E-state index in [2.05, 4.69) is 46.4 Å². The van der Waals surface area contributed by atoms with Gasteiger partial charge >= 0.3 is 0 Å². The molecule has 16 heavy (non-hydrogen) atoms. The summed E-state index contributed by atoms with van der Waals surface area (Å²) < 4.78 is 1.15. The minimum absolute atomic E-state index is 0.774. The van der Waals surface area contributed by atoms with Gasteiger partial charge in [-0.3, -0.25) is 0 Å². The molecule has 0 unspecified atom stereocenters. The van der Waals surface area contributed by atoms with Crippen LogP contribution in [-0.4, -0.2) is 0 Å². The predicted octanol–water partition coefficient (Wildman–Crippen LogP) is 5.08. The predicted molar refractivity (Wildman–Crippen MR) is 75.5 cm³/mol. The van der Waals surface area contributed by atoms with Gasteiger partial charge in [0.25, 0.3) is 0 Å². The highest BCUT2D eigenvalue weighted by Crippen LogP contribution is 2.27. The first kappa shape index (κ1) is 12.0. The van der Waals surface area contributed by atoms with Crippen molar-refractivity contribution >= 4 is 44.6 Å². The molecule has 0 aliphatic heterocycles. The number of thiophene rings is 1. The third-order valence-corrected chi connectivity index (χ3v) is 4.23. The van der Waals surface area contributed by atoms with Gasteiger partial charge in [-0.2, -0.15) is 0 Å². The summed E-state index contributed by atoms with van der Waals surface area (Å²) in [7, 11) is 0. The molecule has 1 heterocycles. The quantitative estimate of drug-likeness (QED) is 0.832. The first-order valence-corrected chi connectivity index (χ1v) is 6.89. The maximum Gasteiger partial charge on any atom is 0.0702 e. The molecule has 1 aromatic carbocycles. The fourth-order valence-electron chi connectivity index (χ4n) is 1.48. The fraction of sp³-hybridized carbons (Fsp3) is 0.167. The van der Waals surface area contributed by atoms with Crippen molar-refractivity contribution in [2.75, 3.05) is 5.32 Å². The zero-order valence-electron chi connectivity index (χ0n) is 8.76. The molecule has 0 spiro atoms.